The number of benzene rings is 2. The smallest absolute Gasteiger partial charge is 0.418 e. The SMILES string of the molecule is COc1ccc2[nH]cc(C(=O)Nc3ccccc3C(F)(F)F)c2c1. The summed E-state index contributed by atoms with van der Waals surface area (Å²) < 4.78 is 44.2. The number of aromatic amines is 1. The molecule has 0 fully saturated rings. The molecule has 0 aliphatic heterocycles. The third kappa shape index (κ3) is 2.92. The number of aromatic nitrogens is 1. The normalized spacial score (nSPS) is 11.5. The molecule has 3 aromatic rings. The highest BCUT2D eigenvalue weighted by Crippen LogP contribution is 2.35. The van der Waals surface area contributed by atoms with Crippen LogP contribution in [-0.2, 0) is 6.18 Å². The van der Waals surface area contributed by atoms with Crippen LogP contribution < -0.4 is 10.1 Å². The Morgan fingerprint density at radius 2 is 1.92 bits per heavy atom. The summed E-state index contributed by atoms with van der Waals surface area (Å²) in [5.41, 5.74) is -0.256. The second kappa shape index (κ2) is 5.92. The minimum atomic E-state index is -4.55. The molecule has 3 rings (SSSR count). The molecular weight excluding hydrogens is 321 g/mol. The summed E-state index contributed by atoms with van der Waals surface area (Å²) in [6, 6.07) is 9.95. The van der Waals surface area contributed by atoms with Crippen LogP contribution in [0.5, 0.6) is 5.75 Å². The van der Waals surface area contributed by atoms with E-state index in [1.807, 2.05) is 0 Å². The van der Waals surface area contributed by atoms with Gasteiger partial charge in [0.25, 0.3) is 5.91 Å². The molecule has 4 nitrogen and oxygen atoms in total. The molecule has 24 heavy (non-hydrogen) atoms. The van der Waals surface area contributed by atoms with Crippen LogP contribution >= 0.6 is 0 Å². The van der Waals surface area contributed by atoms with Gasteiger partial charge in [-0.05, 0) is 30.3 Å². The molecule has 0 aliphatic rings. The number of fused-ring (bicyclic) bond motifs is 1. The van der Waals surface area contributed by atoms with Crippen LogP contribution in [0.3, 0.4) is 0 Å². The van der Waals surface area contributed by atoms with Crippen molar-refractivity contribution in [3.8, 4) is 5.75 Å². The highest BCUT2D eigenvalue weighted by atomic mass is 19.4. The molecule has 7 heteroatoms. The molecule has 2 N–H and O–H groups in total. The van der Waals surface area contributed by atoms with Crippen molar-refractivity contribution in [3.63, 3.8) is 0 Å². The van der Waals surface area contributed by atoms with Gasteiger partial charge in [-0.1, -0.05) is 12.1 Å². The van der Waals surface area contributed by atoms with E-state index in [1.165, 1.54) is 31.5 Å². The first-order valence-corrected chi connectivity index (χ1v) is 7.03. The van der Waals surface area contributed by atoms with Gasteiger partial charge in [0.2, 0.25) is 0 Å². The number of nitrogens with one attached hydrogen (secondary N) is 2. The zero-order valence-electron chi connectivity index (χ0n) is 12.6. The zero-order valence-corrected chi connectivity index (χ0v) is 12.6. The predicted molar refractivity (Wildman–Crippen MR) is 84.2 cm³/mol. The summed E-state index contributed by atoms with van der Waals surface area (Å²) in [7, 11) is 1.49. The van der Waals surface area contributed by atoms with Gasteiger partial charge >= 0.3 is 6.18 Å². The lowest BCUT2D eigenvalue weighted by Gasteiger charge is -2.13. The van der Waals surface area contributed by atoms with Crippen molar-refractivity contribution in [2.24, 2.45) is 0 Å². The molecule has 1 aromatic heterocycles. The van der Waals surface area contributed by atoms with Crippen LogP contribution in [0.4, 0.5) is 18.9 Å². The minimum Gasteiger partial charge on any atom is -0.497 e. The summed E-state index contributed by atoms with van der Waals surface area (Å²) >= 11 is 0. The van der Waals surface area contributed by atoms with Gasteiger partial charge < -0.3 is 15.0 Å². The Morgan fingerprint density at radius 3 is 2.62 bits per heavy atom. The van der Waals surface area contributed by atoms with E-state index in [4.69, 9.17) is 4.74 Å². The van der Waals surface area contributed by atoms with Gasteiger partial charge in [-0.2, -0.15) is 13.2 Å². The van der Waals surface area contributed by atoms with Gasteiger partial charge in [0, 0.05) is 17.1 Å². The molecule has 1 amide bonds. The van der Waals surface area contributed by atoms with Gasteiger partial charge in [-0.15, -0.1) is 0 Å². The zero-order chi connectivity index (χ0) is 17.3. The lowest BCUT2D eigenvalue weighted by atomic mass is 10.1. The third-order valence-corrected chi connectivity index (χ3v) is 3.61. The standard InChI is InChI=1S/C17H13F3N2O2/c1-24-10-6-7-14-11(8-10)12(9-21-14)16(23)22-15-5-3-2-4-13(15)17(18,19)20/h2-9,21H,1H3,(H,22,23). The van der Waals surface area contributed by atoms with Crippen LogP contribution in [-0.4, -0.2) is 18.0 Å². The van der Waals surface area contributed by atoms with E-state index < -0.39 is 17.6 Å². The quantitative estimate of drug-likeness (QED) is 0.744. The number of amides is 1. The Morgan fingerprint density at radius 1 is 1.17 bits per heavy atom. The molecule has 0 spiro atoms. The van der Waals surface area contributed by atoms with E-state index in [1.54, 1.807) is 18.2 Å². The van der Waals surface area contributed by atoms with Gasteiger partial charge in [-0.3, -0.25) is 4.79 Å². The average Bonchev–Trinajstić information content (AvgIpc) is 2.97. The Hall–Kier alpha value is -2.96. The predicted octanol–water partition coefficient (Wildman–Crippen LogP) is 4.45. The van der Waals surface area contributed by atoms with Crippen LogP contribution in [0.15, 0.2) is 48.7 Å². The lowest BCUT2D eigenvalue weighted by Crippen LogP contribution is -2.16. The first kappa shape index (κ1) is 15.9. The van der Waals surface area contributed by atoms with Crippen LogP contribution in [0.25, 0.3) is 10.9 Å². The van der Waals surface area contributed by atoms with Crippen molar-refractivity contribution >= 4 is 22.5 Å². The number of hydrogen-bond acceptors (Lipinski definition) is 2. The molecule has 124 valence electrons. The van der Waals surface area contributed by atoms with Gasteiger partial charge in [-0.25, -0.2) is 0 Å². The summed E-state index contributed by atoms with van der Waals surface area (Å²) in [6.45, 7) is 0. The minimum absolute atomic E-state index is 0.237. The summed E-state index contributed by atoms with van der Waals surface area (Å²) in [5, 5.41) is 2.90. The Kier molecular flexibility index (Phi) is 3.92. The van der Waals surface area contributed by atoms with E-state index in [9.17, 15) is 18.0 Å². The average molecular weight is 334 g/mol. The maximum Gasteiger partial charge on any atom is 0.418 e. The summed E-state index contributed by atoms with van der Waals surface area (Å²) in [4.78, 5) is 15.3. The number of carbonyl (C=O) groups excluding carboxylic acids is 1. The largest absolute Gasteiger partial charge is 0.497 e. The monoisotopic (exact) mass is 334 g/mol. The van der Waals surface area contributed by atoms with E-state index in [0.29, 0.717) is 16.7 Å². The van der Waals surface area contributed by atoms with Crippen LogP contribution in [0.1, 0.15) is 15.9 Å². The number of H-pyrrole nitrogens is 1. The molecule has 0 radical (unpaired) electrons. The van der Waals surface area contributed by atoms with Crippen LogP contribution in [0.2, 0.25) is 0 Å². The molecular formula is C17H13F3N2O2. The van der Waals surface area contributed by atoms with Gasteiger partial charge in [0.1, 0.15) is 5.75 Å². The fourth-order valence-corrected chi connectivity index (χ4v) is 2.44. The number of halogens is 3. The fourth-order valence-electron chi connectivity index (χ4n) is 2.44. The molecule has 0 saturated carbocycles. The molecule has 1 heterocycles. The third-order valence-electron chi connectivity index (χ3n) is 3.61. The number of methoxy groups -OCH3 is 1. The van der Waals surface area contributed by atoms with E-state index in [0.717, 1.165) is 6.07 Å². The molecule has 0 atom stereocenters. The van der Waals surface area contributed by atoms with Gasteiger partial charge in [0.15, 0.2) is 0 Å². The Bertz CT molecular complexity index is 900. The van der Waals surface area contributed by atoms with Crippen molar-refractivity contribution < 1.29 is 22.7 Å². The Labute approximate surface area is 135 Å². The summed E-state index contributed by atoms with van der Waals surface area (Å²) in [6.07, 6.45) is -3.09. The van der Waals surface area contributed by atoms with E-state index >= 15 is 0 Å². The fraction of sp³-hybridized carbons (Fsp3) is 0.118. The molecule has 0 unspecified atom stereocenters. The number of rotatable bonds is 3. The lowest BCUT2D eigenvalue weighted by molar-refractivity contribution is -0.136. The van der Waals surface area contributed by atoms with E-state index in [2.05, 4.69) is 10.3 Å². The van der Waals surface area contributed by atoms with Crippen molar-refractivity contribution in [2.45, 2.75) is 6.18 Å². The maximum atomic E-state index is 13.0. The number of alkyl halides is 3. The number of carbonyl (C=O) groups is 1. The highest BCUT2D eigenvalue weighted by Gasteiger charge is 2.33. The molecule has 0 bridgehead atoms. The first-order chi connectivity index (χ1) is 11.4. The number of para-hydroxylation sites is 1. The van der Waals surface area contributed by atoms with Crippen molar-refractivity contribution in [2.75, 3.05) is 12.4 Å². The second-order valence-corrected chi connectivity index (χ2v) is 5.11. The second-order valence-electron chi connectivity index (χ2n) is 5.11. The first-order valence-electron chi connectivity index (χ1n) is 7.03. The van der Waals surface area contributed by atoms with Gasteiger partial charge in [0.05, 0.1) is 23.9 Å². The van der Waals surface area contributed by atoms with Crippen molar-refractivity contribution in [3.05, 3.63) is 59.8 Å². The number of ether oxygens (including phenoxy) is 1. The molecule has 2 aromatic carbocycles. The summed E-state index contributed by atoms with van der Waals surface area (Å²) in [5.74, 6) is -0.0851. The topological polar surface area (TPSA) is 54.1 Å². The number of anilines is 1. The molecule has 0 aliphatic carbocycles. The van der Waals surface area contributed by atoms with Crippen LogP contribution in [0, 0.1) is 0 Å². The van der Waals surface area contributed by atoms with Crippen molar-refractivity contribution in [1.29, 1.82) is 0 Å². The highest BCUT2D eigenvalue weighted by molar-refractivity contribution is 6.13. The molecule has 0 saturated heterocycles. The Balaban J connectivity index is 1.97. The maximum absolute atomic E-state index is 13.0. The van der Waals surface area contributed by atoms with Crippen molar-refractivity contribution in [1.82, 2.24) is 4.98 Å². The van der Waals surface area contributed by atoms with E-state index in [-0.39, 0.29) is 11.3 Å². The number of hydrogen-bond donors (Lipinski definition) is 2.